The van der Waals surface area contributed by atoms with E-state index in [2.05, 4.69) is 10.6 Å². The van der Waals surface area contributed by atoms with E-state index in [0.29, 0.717) is 24.1 Å². The second-order valence-corrected chi connectivity index (χ2v) is 5.65. The number of aryl methyl sites for hydroxylation is 2. The lowest BCUT2D eigenvalue weighted by molar-refractivity contribution is -0.384. The van der Waals surface area contributed by atoms with Gasteiger partial charge in [-0.05, 0) is 42.8 Å². The van der Waals surface area contributed by atoms with Crippen LogP contribution in [0.15, 0.2) is 48.5 Å². The van der Waals surface area contributed by atoms with Gasteiger partial charge in [-0.15, -0.1) is 0 Å². The molecule has 0 radical (unpaired) electrons. The summed E-state index contributed by atoms with van der Waals surface area (Å²) in [5.74, 6) is -0.184. The van der Waals surface area contributed by atoms with Gasteiger partial charge in [-0.1, -0.05) is 30.3 Å². The average Bonchev–Trinajstić information content (AvgIpc) is 2.55. The molecule has 24 heavy (non-hydrogen) atoms. The highest BCUT2D eigenvalue weighted by molar-refractivity contribution is 7.80. The zero-order valence-corrected chi connectivity index (χ0v) is 13.9. The minimum atomic E-state index is -0.458. The Bertz CT molecular complexity index is 763. The van der Waals surface area contributed by atoms with Crippen LogP contribution in [0.5, 0.6) is 0 Å². The molecule has 0 aliphatic carbocycles. The topological polar surface area (TPSA) is 84.3 Å². The van der Waals surface area contributed by atoms with Gasteiger partial charge in [0.15, 0.2) is 5.11 Å². The van der Waals surface area contributed by atoms with Crippen molar-refractivity contribution in [3.63, 3.8) is 0 Å². The van der Waals surface area contributed by atoms with Gasteiger partial charge < -0.3 is 10.6 Å². The molecule has 0 aliphatic heterocycles. The summed E-state index contributed by atoms with van der Waals surface area (Å²) >= 11 is 5.11. The number of hydrogen-bond acceptors (Lipinski definition) is 4. The van der Waals surface area contributed by atoms with E-state index >= 15 is 0 Å². The predicted octanol–water partition coefficient (Wildman–Crippen LogP) is 3.35. The third-order valence-electron chi connectivity index (χ3n) is 3.41. The molecule has 0 bridgehead atoms. The van der Waals surface area contributed by atoms with E-state index in [4.69, 9.17) is 12.2 Å². The first kappa shape index (κ1) is 17.6. The molecule has 1 amide bonds. The highest BCUT2D eigenvalue weighted by atomic mass is 32.1. The molecule has 2 aromatic rings. The number of hydrogen-bond donors (Lipinski definition) is 2. The van der Waals surface area contributed by atoms with Crippen molar-refractivity contribution in [2.24, 2.45) is 0 Å². The number of nitrogens with zero attached hydrogens (tertiary/aromatic N) is 1. The fraction of sp³-hybridized carbons (Fsp3) is 0.176. The molecule has 0 fully saturated rings. The summed E-state index contributed by atoms with van der Waals surface area (Å²) in [5.41, 5.74) is 2.38. The minimum absolute atomic E-state index is 0.0101. The predicted molar refractivity (Wildman–Crippen MR) is 97.0 cm³/mol. The molecule has 2 rings (SSSR count). The van der Waals surface area contributed by atoms with Gasteiger partial charge in [0, 0.05) is 24.2 Å². The number of thiocarbonyl (C=S) groups is 1. The van der Waals surface area contributed by atoms with Crippen LogP contribution in [0.3, 0.4) is 0 Å². The number of nitro groups is 1. The third-order valence-corrected chi connectivity index (χ3v) is 3.61. The maximum atomic E-state index is 11.9. The first-order valence-electron chi connectivity index (χ1n) is 7.35. The van der Waals surface area contributed by atoms with Crippen LogP contribution in [0.2, 0.25) is 0 Å². The standard InChI is InChI=1S/C17H17N3O3S/c1-12-11-14(20(22)23)8-9-15(12)18-17(24)19-16(21)10-7-13-5-3-2-4-6-13/h2-6,8-9,11H,7,10H2,1H3,(H2,18,19,21,24). The first-order valence-corrected chi connectivity index (χ1v) is 7.76. The number of rotatable bonds is 5. The summed E-state index contributed by atoms with van der Waals surface area (Å²) in [6.45, 7) is 1.73. The Hall–Kier alpha value is -2.80. The molecule has 6 nitrogen and oxygen atoms in total. The molecule has 0 saturated heterocycles. The van der Waals surface area contributed by atoms with Gasteiger partial charge in [-0.2, -0.15) is 0 Å². The SMILES string of the molecule is Cc1cc([N+](=O)[O-])ccc1NC(=S)NC(=O)CCc1ccccc1. The van der Waals surface area contributed by atoms with Gasteiger partial charge in [-0.3, -0.25) is 14.9 Å². The van der Waals surface area contributed by atoms with E-state index in [1.165, 1.54) is 12.1 Å². The minimum Gasteiger partial charge on any atom is -0.332 e. The van der Waals surface area contributed by atoms with Crippen molar-refractivity contribution in [1.82, 2.24) is 5.32 Å². The lowest BCUT2D eigenvalue weighted by Crippen LogP contribution is -2.34. The van der Waals surface area contributed by atoms with Gasteiger partial charge in [0.2, 0.25) is 5.91 Å². The summed E-state index contributed by atoms with van der Waals surface area (Å²) < 4.78 is 0. The summed E-state index contributed by atoms with van der Waals surface area (Å²) in [6, 6.07) is 14.1. The van der Waals surface area contributed by atoms with Gasteiger partial charge in [0.25, 0.3) is 5.69 Å². The maximum Gasteiger partial charge on any atom is 0.269 e. The van der Waals surface area contributed by atoms with E-state index in [1.807, 2.05) is 30.3 Å². The molecule has 7 heteroatoms. The summed E-state index contributed by atoms with van der Waals surface area (Å²) in [7, 11) is 0. The van der Waals surface area contributed by atoms with E-state index in [0.717, 1.165) is 5.56 Å². The van der Waals surface area contributed by atoms with Gasteiger partial charge in [0.05, 0.1) is 4.92 Å². The first-order chi connectivity index (χ1) is 11.5. The molecular formula is C17H17N3O3S. The van der Waals surface area contributed by atoms with Gasteiger partial charge in [-0.25, -0.2) is 0 Å². The van der Waals surface area contributed by atoms with Crippen LogP contribution in [0.25, 0.3) is 0 Å². The molecule has 0 atom stereocenters. The van der Waals surface area contributed by atoms with Crippen molar-refractivity contribution in [3.8, 4) is 0 Å². The van der Waals surface area contributed by atoms with Gasteiger partial charge >= 0.3 is 0 Å². The molecule has 124 valence electrons. The number of non-ortho nitro benzene ring substituents is 1. The fourth-order valence-electron chi connectivity index (χ4n) is 2.15. The van der Waals surface area contributed by atoms with E-state index in [1.54, 1.807) is 13.0 Å². The number of nitro benzene ring substituents is 1. The Morgan fingerprint density at radius 2 is 1.92 bits per heavy atom. The zero-order valence-electron chi connectivity index (χ0n) is 13.1. The second kappa shape index (κ2) is 8.16. The van der Waals surface area contributed by atoms with Crippen LogP contribution < -0.4 is 10.6 Å². The summed E-state index contributed by atoms with van der Waals surface area (Å²) in [6.07, 6.45) is 0.955. The maximum absolute atomic E-state index is 11.9. The summed E-state index contributed by atoms with van der Waals surface area (Å²) in [4.78, 5) is 22.2. The zero-order chi connectivity index (χ0) is 17.5. The highest BCUT2D eigenvalue weighted by Crippen LogP contribution is 2.21. The van der Waals surface area contributed by atoms with Gasteiger partial charge in [0.1, 0.15) is 0 Å². The quantitative estimate of drug-likeness (QED) is 0.494. The Kier molecular flexibility index (Phi) is 5.97. The van der Waals surface area contributed by atoms with Crippen LogP contribution in [0.4, 0.5) is 11.4 Å². The summed E-state index contributed by atoms with van der Waals surface area (Å²) in [5, 5.41) is 16.4. The van der Waals surface area contributed by atoms with Crippen molar-refractivity contribution in [2.45, 2.75) is 19.8 Å². The lowest BCUT2D eigenvalue weighted by atomic mass is 10.1. The smallest absolute Gasteiger partial charge is 0.269 e. The molecule has 0 heterocycles. The van der Waals surface area contributed by atoms with E-state index < -0.39 is 4.92 Å². The highest BCUT2D eigenvalue weighted by Gasteiger charge is 2.10. The second-order valence-electron chi connectivity index (χ2n) is 5.24. The average molecular weight is 343 g/mol. The van der Waals surface area contributed by atoms with Crippen molar-refractivity contribution >= 4 is 34.6 Å². The Morgan fingerprint density at radius 3 is 2.54 bits per heavy atom. The Balaban J connectivity index is 1.86. The van der Waals surface area contributed by atoms with Crippen LogP contribution in [-0.4, -0.2) is 15.9 Å². The Morgan fingerprint density at radius 1 is 1.21 bits per heavy atom. The number of carbonyl (C=O) groups excluding carboxylic acids is 1. The molecule has 0 saturated carbocycles. The number of anilines is 1. The normalized spacial score (nSPS) is 10.0. The van der Waals surface area contributed by atoms with Crippen molar-refractivity contribution in [2.75, 3.05) is 5.32 Å². The molecule has 0 aromatic heterocycles. The molecule has 0 spiro atoms. The van der Waals surface area contributed by atoms with Crippen LogP contribution in [0, 0.1) is 17.0 Å². The van der Waals surface area contributed by atoms with E-state index in [-0.39, 0.29) is 16.7 Å². The van der Waals surface area contributed by atoms with Crippen molar-refractivity contribution in [3.05, 3.63) is 69.8 Å². The molecule has 0 unspecified atom stereocenters. The largest absolute Gasteiger partial charge is 0.332 e. The third kappa shape index (κ3) is 5.13. The molecule has 2 aromatic carbocycles. The van der Waals surface area contributed by atoms with E-state index in [9.17, 15) is 14.9 Å². The number of amides is 1. The number of carbonyl (C=O) groups is 1. The molecule has 0 aliphatic rings. The number of nitrogens with one attached hydrogen (secondary N) is 2. The lowest BCUT2D eigenvalue weighted by Gasteiger charge is -2.11. The van der Waals surface area contributed by atoms with Crippen molar-refractivity contribution in [1.29, 1.82) is 0 Å². The molecule has 2 N–H and O–H groups in total. The van der Waals surface area contributed by atoms with Crippen LogP contribution >= 0.6 is 12.2 Å². The van der Waals surface area contributed by atoms with Crippen LogP contribution in [-0.2, 0) is 11.2 Å². The van der Waals surface area contributed by atoms with Crippen LogP contribution in [0.1, 0.15) is 17.5 Å². The Labute approximate surface area is 145 Å². The van der Waals surface area contributed by atoms with Crippen molar-refractivity contribution < 1.29 is 9.72 Å². The molecular weight excluding hydrogens is 326 g/mol. The monoisotopic (exact) mass is 343 g/mol. The fourth-order valence-corrected chi connectivity index (χ4v) is 2.37. The number of benzene rings is 2.